The lowest BCUT2D eigenvalue weighted by Crippen LogP contribution is -2.75. The number of benzene rings is 2. The highest BCUT2D eigenvalue weighted by atomic mass is 17.3. The fourth-order valence-electron chi connectivity index (χ4n) is 7.82. The van der Waals surface area contributed by atoms with Gasteiger partial charge in [-0.05, 0) is 49.1 Å². The minimum Gasteiger partial charge on any atom is -0.350 e. The summed E-state index contributed by atoms with van der Waals surface area (Å²) in [6.07, 6.45) is 2.95. The third kappa shape index (κ3) is 5.70. The highest BCUT2D eigenvalue weighted by Gasteiger charge is 2.70. The van der Waals surface area contributed by atoms with Crippen LogP contribution in [0.15, 0.2) is 60.7 Å². The Morgan fingerprint density at radius 2 is 1.65 bits per heavy atom. The largest absolute Gasteiger partial charge is 0.350 e. The van der Waals surface area contributed by atoms with Crippen molar-refractivity contribution in [2.75, 3.05) is 13.1 Å². The summed E-state index contributed by atoms with van der Waals surface area (Å²) in [6.45, 7) is 6.89. The molecule has 1 saturated carbocycles. The number of fused-ring (bicyclic) bond motifs is 2. The van der Waals surface area contributed by atoms with Crippen molar-refractivity contribution in [3.05, 3.63) is 71.8 Å². The number of piperidine rings is 1. The second-order valence-corrected chi connectivity index (χ2v) is 13.0. The minimum atomic E-state index is -0.948. The van der Waals surface area contributed by atoms with Gasteiger partial charge < -0.3 is 19.9 Å². The first kappa shape index (κ1) is 29.8. The van der Waals surface area contributed by atoms with Gasteiger partial charge >= 0.3 is 0 Å². The molecular weight excluding hydrogens is 546 g/mol. The summed E-state index contributed by atoms with van der Waals surface area (Å²) in [6, 6.07) is 19.3. The van der Waals surface area contributed by atoms with E-state index < -0.39 is 17.6 Å². The van der Waals surface area contributed by atoms with E-state index in [9.17, 15) is 14.4 Å². The minimum absolute atomic E-state index is 0.0105. The van der Waals surface area contributed by atoms with Gasteiger partial charge in [0.25, 0.3) is 0 Å². The Bertz CT molecular complexity index is 1320. The average molecular weight is 590 g/mol. The van der Waals surface area contributed by atoms with Crippen molar-refractivity contribution in [2.45, 2.75) is 83.6 Å². The predicted molar refractivity (Wildman–Crippen MR) is 158 cm³/mol. The molecule has 0 aromatic heterocycles. The summed E-state index contributed by atoms with van der Waals surface area (Å²) in [4.78, 5) is 56.3. The first-order valence-corrected chi connectivity index (χ1v) is 15.7. The molecule has 0 radical (unpaired) electrons. The number of nitrogens with one attached hydrogen (secondary N) is 1. The van der Waals surface area contributed by atoms with E-state index in [0.29, 0.717) is 25.4 Å². The Morgan fingerprint density at radius 1 is 0.953 bits per heavy atom. The molecule has 9 nitrogen and oxygen atoms in total. The van der Waals surface area contributed by atoms with Crippen LogP contribution in [0.25, 0.3) is 0 Å². The quantitative estimate of drug-likeness (QED) is 0.435. The SMILES string of the molecule is C[C@H]1CCC2[C@@H](C)C(=O)N(CCC(=O)N(CC(=O)NCc3ccccc3)Cc3ccccc3)C3O[C@]4(C)CCC1[C@@]23OO4. The standard InChI is InChI=1S/C34H43N3O6/c1-23-14-15-28-24(2)31(40)37(32-34(28)27(23)16-18-33(3,41-32)42-43-34)19-17-30(39)36(21-26-12-8-5-9-13-26)22-29(38)35-20-25-10-6-4-7-11-25/h4-13,23-24,27-28,32H,14-22H2,1-3H3,(H,35,38)/t23-,24+,27?,28?,32?,33-,34+/m0/s1. The van der Waals surface area contributed by atoms with Gasteiger partial charge in [-0.1, -0.05) is 74.5 Å². The van der Waals surface area contributed by atoms with Crippen LogP contribution in [0.4, 0.5) is 0 Å². The number of likely N-dealkylation sites (tertiary alicyclic amines) is 1. The van der Waals surface area contributed by atoms with Gasteiger partial charge in [0, 0.05) is 44.3 Å². The molecule has 4 saturated heterocycles. The lowest BCUT2D eigenvalue weighted by Gasteiger charge is -2.61. The molecule has 7 atom stereocenters. The maximum absolute atomic E-state index is 13.9. The van der Waals surface area contributed by atoms with Gasteiger partial charge in [-0.3, -0.25) is 14.4 Å². The Labute approximate surface area is 253 Å². The summed E-state index contributed by atoms with van der Waals surface area (Å²) in [7, 11) is 0. The van der Waals surface area contributed by atoms with Gasteiger partial charge in [0.15, 0.2) is 11.8 Å². The molecule has 43 heavy (non-hydrogen) atoms. The number of amides is 3. The van der Waals surface area contributed by atoms with Gasteiger partial charge in [0.1, 0.15) is 0 Å². The number of rotatable bonds is 9. The fourth-order valence-corrected chi connectivity index (χ4v) is 7.82. The van der Waals surface area contributed by atoms with Gasteiger partial charge in [-0.25, -0.2) is 9.78 Å². The van der Waals surface area contributed by atoms with Crippen LogP contribution >= 0.6 is 0 Å². The van der Waals surface area contributed by atoms with Crippen LogP contribution in [0.2, 0.25) is 0 Å². The van der Waals surface area contributed by atoms with Crippen LogP contribution in [0.5, 0.6) is 0 Å². The third-order valence-corrected chi connectivity index (χ3v) is 10.2. The predicted octanol–water partition coefficient (Wildman–Crippen LogP) is 4.42. The fraction of sp³-hybridized carbons (Fsp3) is 0.559. The molecule has 3 amide bonds. The van der Waals surface area contributed by atoms with Crippen LogP contribution in [0.1, 0.15) is 64.0 Å². The molecule has 5 fully saturated rings. The smallest absolute Gasteiger partial charge is 0.239 e. The number of hydrogen-bond acceptors (Lipinski definition) is 6. The summed E-state index contributed by atoms with van der Waals surface area (Å²) < 4.78 is 6.60. The summed E-state index contributed by atoms with van der Waals surface area (Å²) in [5.74, 6) is -1.09. The van der Waals surface area contributed by atoms with E-state index >= 15 is 0 Å². The third-order valence-electron chi connectivity index (χ3n) is 10.2. The molecule has 5 aliphatic rings. The molecule has 2 aromatic rings. The second-order valence-electron chi connectivity index (χ2n) is 13.0. The number of carbonyl (C=O) groups is 3. The van der Waals surface area contributed by atoms with Crippen molar-refractivity contribution in [1.82, 2.24) is 15.1 Å². The lowest BCUT2D eigenvalue weighted by molar-refractivity contribution is -0.547. The molecule has 3 unspecified atom stereocenters. The highest BCUT2D eigenvalue weighted by molar-refractivity contribution is 5.85. The molecule has 1 aliphatic carbocycles. The van der Waals surface area contributed by atoms with E-state index in [0.717, 1.165) is 30.4 Å². The van der Waals surface area contributed by atoms with E-state index in [4.69, 9.17) is 14.5 Å². The molecular formula is C34H43N3O6. The average Bonchev–Trinajstić information content (AvgIpc) is 3.25. The van der Waals surface area contributed by atoms with E-state index in [1.165, 1.54) is 0 Å². The van der Waals surface area contributed by atoms with Gasteiger partial charge in [-0.15, -0.1) is 0 Å². The topological polar surface area (TPSA) is 97.4 Å². The summed E-state index contributed by atoms with van der Waals surface area (Å²) in [5.41, 5.74) is 1.16. The first-order valence-electron chi connectivity index (χ1n) is 15.7. The van der Waals surface area contributed by atoms with Crippen LogP contribution in [0, 0.1) is 23.7 Å². The van der Waals surface area contributed by atoms with Crippen LogP contribution < -0.4 is 5.32 Å². The van der Waals surface area contributed by atoms with Crippen LogP contribution in [0.3, 0.4) is 0 Å². The van der Waals surface area contributed by atoms with E-state index in [2.05, 4.69) is 12.2 Å². The summed E-state index contributed by atoms with van der Waals surface area (Å²) >= 11 is 0. The van der Waals surface area contributed by atoms with Crippen molar-refractivity contribution in [3.63, 3.8) is 0 Å². The zero-order valence-corrected chi connectivity index (χ0v) is 25.4. The van der Waals surface area contributed by atoms with Crippen molar-refractivity contribution in [3.8, 4) is 0 Å². The van der Waals surface area contributed by atoms with Crippen molar-refractivity contribution >= 4 is 17.7 Å². The molecule has 2 bridgehead atoms. The normalized spacial score (nSPS) is 33.0. The van der Waals surface area contributed by atoms with Crippen molar-refractivity contribution < 1.29 is 28.9 Å². The van der Waals surface area contributed by atoms with E-state index in [1.807, 2.05) is 74.5 Å². The molecule has 1 spiro atoms. The second kappa shape index (κ2) is 12.0. The first-order chi connectivity index (χ1) is 20.7. The van der Waals surface area contributed by atoms with Gasteiger partial charge in [0.05, 0.1) is 6.54 Å². The molecule has 4 heterocycles. The van der Waals surface area contributed by atoms with Gasteiger partial charge in [-0.2, -0.15) is 0 Å². The molecule has 4 aliphatic heterocycles. The highest BCUT2D eigenvalue weighted by Crippen LogP contribution is 2.60. The number of ether oxygens (including phenoxy) is 1. The monoisotopic (exact) mass is 589 g/mol. The zero-order valence-electron chi connectivity index (χ0n) is 25.4. The molecule has 1 N–H and O–H groups in total. The maximum Gasteiger partial charge on any atom is 0.239 e. The maximum atomic E-state index is 13.9. The van der Waals surface area contributed by atoms with Crippen molar-refractivity contribution in [1.29, 1.82) is 0 Å². The Hall–Kier alpha value is -3.27. The van der Waals surface area contributed by atoms with Crippen LogP contribution in [-0.2, 0) is 42.0 Å². The van der Waals surface area contributed by atoms with Crippen molar-refractivity contribution in [2.24, 2.45) is 23.7 Å². The van der Waals surface area contributed by atoms with Crippen LogP contribution in [-0.4, -0.2) is 58.2 Å². The molecule has 9 heteroatoms. The lowest BCUT2D eigenvalue weighted by atomic mass is 9.57. The Balaban J connectivity index is 1.19. The molecule has 7 rings (SSSR count). The number of hydrogen-bond donors (Lipinski definition) is 1. The zero-order chi connectivity index (χ0) is 30.2. The Morgan fingerprint density at radius 3 is 2.37 bits per heavy atom. The number of carbonyl (C=O) groups excluding carboxylic acids is 3. The molecule has 2 aromatic carbocycles. The van der Waals surface area contributed by atoms with E-state index in [-0.39, 0.29) is 55.0 Å². The molecule has 230 valence electrons. The number of nitrogens with zero attached hydrogens (tertiary/aromatic N) is 2. The summed E-state index contributed by atoms with van der Waals surface area (Å²) in [5, 5.41) is 2.93. The van der Waals surface area contributed by atoms with Gasteiger partial charge in [0.2, 0.25) is 23.5 Å². The Kier molecular flexibility index (Phi) is 8.33. The van der Waals surface area contributed by atoms with E-state index in [1.54, 1.807) is 9.80 Å².